The lowest BCUT2D eigenvalue weighted by Gasteiger charge is -2.35. The van der Waals surface area contributed by atoms with Crippen molar-refractivity contribution < 1.29 is 0 Å². The van der Waals surface area contributed by atoms with Crippen molar-refractivity contribution >= 4 is 5.69 Å². The van der Waals surface area contributed by atoms with Gasteiger partial charge in [-0.2, -0.15) is 0 Å². The molecule has 0 radical (unpaired) electrons. The highest BCUT2D eigenvalue weighted by Gasteiger charge is 2.23. The van der Waals surface area contributed by atoms with Gasteiger partial charge in [-0.3, -0.25) is 4.98 Å². The molecule has 1 atom stereocenters. The van der Waals surface area contributed by atoms with Crippen molar-refractivity contribution in [2.75, 3.05) is 18.0 Å². The van der Waals surface area contributed by atoms with Gasteiger partial charge >= 0.3 is 0 Å². The highest BCUT2D eigenvalue weighted by atomic mass is 15.1. The molecule has 1 N–H and O–H groups in total. The molecule has 3 rings (SSSR count). The second-order valence-corrected chi connectivity index (χ2v) is 6.02. The number of anilines is 1. The Hall–Kier alpha value is -1.09. The molecule has 19 heavy (non-hydrogen) atoms. The maximum atomic E-state index is 4.34. The Balaban J connectivity index is 1.70. The van der Waals surface area contributed by atoms with E-state index in [-0.39, 0.29) is 0 Å². The molecule has 1 aromatic rings. The van der Waals surface area contributed by atoms with E-state index in [9.17, 15) is 0 Å². The maximum Gasteiger partial charge on any atom is 0.0598 e. The molecule has 0 aromatic carbocycles. The first-order valence-corrected chi connectivity index (χ1v) is 7.78. The molecule has 2 heterocycles. The first-order valence-electron chi connectivity index (χ1n) is 7.78. The van der Waals surface area contributed by atoms with Gasteiger partial charge in [0.15, 0.2) is 0 Å². The van der Waals surface area contributed by atoms with Crippen LogP contribution >= 0.6 is 0 Å². The fourth-order valence-electron chi connectivity index (χ4n) is 3.01. The van der Waals surface area contributed by atoms with E-state index >= 15 is 0 Å². The lowest BCUT2D eigenvalue weighted by molar-refractivity contribution is 0.404. The van der Waals surface area contributed by atoms with E-state index in [0.29, 0.717) is 0 Å². The van der Waals surface area contributed by atoms with Gasteiger partial charge < -0.3 is 10.2 Å². The van der Waals surface area contributed by atoms with E-state index in [0.717, 1.165) is 18.5 Å². The largest absolute Gasteiger partial charge is 0.370 e. The number of pyridine rings is 1. The van der Waals surface area contributed by atoms with Crippen LogP contribution in [0.15, 0.2) is 18.5 Å². The number of aromatic nitrogens is 1. The Morgan fingerprint density at radius 1 is 1.37 bits per heavy atom. The van der Waals surface area contributed by atoms with Crippen molar-refractivity contribution in [2.45, 2.75) is 51.6 Å². The van der Waals surface area contributed by atoms with Crippen LogP contribution in [-0.4, -0.2) is 24.1 Å². The second kappa shape index (κ2) is 5.91. The molecular weight excluding hydrogens is 234 g/mol. The summed E-state index contributed by atoms with van der Waals surface area (Å²) < 4.78 is 0. The minimum Gasteiger partial charge on any atom is -0.370 e. The smallest absolute Gasteiger partial charge is 0.0598 e. The zero-order valence-corrected chi connectivity index (χ0v) is 11.9. The molecular formula is C16H25N3. The van der Waals surface area contributed by atoms with Gasteiger partial charge in [-0.15, -0.1) is 0 Å². The van der Waals surface area contributed by atoms with E-state index in [4.69, 9.17) is 0 Å². The molecule has 3 nitrogen and oxygen atoms in total. The molecule has 0 amide bonds. The van der Waals surface area contributed by atoms with Crippen molar-refractivity contribution in [1.29, 1.82) is 0 Å². The summed E-state index contributed by atoms with van der Waals surface area (Å²) in [5.41, 5.74) is 2.77. The van der Waals surface area contributed by atoms with Gasteiger partial charge in [0.1, 0.15) is 0 Å². The van der Waals surface area contributed by atoms with Crippen LogP contribution < -0.4 is 10.2 Å². The van der Waals surface area contributed by atoms with E-state index in [1.54, 1.807) is 0 Å². The highest BCUT2D eigenvalue weighted by molar-refractivity contribution is 5.52. The standard InChI is InChI=1S/C16H25N3/c1-2-13-4-3-9-19(12-13)16-11-17-8-7-14(16)10-18-15-5-6-15/h7-8,11,13,15,18H,2-6,9-10,12H2,1H3. The zero-order chi connectivity index (χ0) is 13.1. The fraction of sp³-hybridized carbons (Fsp3) is 0.688. The molecule has 1 unspecified atom stereocenters. The zero-order valence-electron chi connectivity index (χ0n) is 11.9. The Kier molecular flexibility index (Phi) is 4.02. The molecule has 0 bridgehead atoms. The van der Waals surface area contributed by atoms with Crippen LogP contribution in [0.1, 0.15) is 44.6 Å². The molecule has 104 valence electrons. The summed E-state index contributed by atoms with van der Waals surface area (Å²) in [4.78, 5) is 6.89. The summed E-state index contributed by atoms with van der Waals surface area (Å²) in [7, 11) is 0. The summed E-state index contributed by atoms with van der Waals surface area (Å²) in [6, 6.07) is 2.95. The summed E-state index contributed by atoms with van der Waals surface area (Å²) >= 11 is 0. The molecule has 1 aromatic heterocycles. The molecule has 1 aliphatic heterocycles. The molecule has 1 aliphatic carbocycles. The van der Waals surface area contributed by atoms with Crippen molar-refractivity contribution in [3.05, 3.63) is 24.0 Å². The van der Waals surface area contributed by atoms with Gasteiger partial charge in [-0.25, -0.2) is 0 Å². The third kappa shape index (κ3) is 3.27. The van der Waals surface area contributed by atoms with Crippen molar-refractivity contribution in [3.8, 4) is 0 Å². The number of rotatable bonds is 5. The van der Waals surface area contributed by atoms with Crippen molar-refractivity contribution in [1.82, 2.24) is 10.3 Å². The molecule has 2 fully saturated rings. The molecule has 2 aliphatic rings. The van der Waals surface area contributed by atoms with Gasteiger partial charge in [0.25, 0.3) is 0 Å². The molecule has 3 heteroatoms. The minimum absolute atomic E-state index is 0.769. The van der Waals surface area contributed by atoms with Gasteiger partial charge in [0.05, 0.1) is 11.9 Å². The van der Waals surface area contributed by atoms with Gasteiger partial charge in [0.2, 0.25) is 0 Å². The second-order valence-electron chi connectivity index (χ2n) is 6.02. The summed E-state index contributed by atoms with van der Waals surface area (Å²) in [5, 5.41) is 3.62. The Labute approximate surface area is 116 Å². The fourth-order valence-corrected chi connectivity index (χ4v) is 3.01. The monoisotopic (exact) mass is 259 g/mol. The Morgan fingerprint density at radius 2 is 2.26 bits per heavy atom. The number of nitrogens with zero attached hydrogens (tertiary/aromatic N) is 2. The summed E-state index contributed by atoms with van der Waals surface area (Å²) in [6.07, 6.45) is 10.7. The van der Waals surface area contributed by atoms with Crippen molar-refractivity contribution in [3.63, 3.8) is 0 Å². The number of hydrogen-bond acceptors (Lipinski definition) is 3. The van der Waals surface area contributed by atoms with E-state index in [1.165, 1.54) is 56.4 Å². The predicted molar refractivity (Wildman–Crippen MR) is 79.3 cm³/mol. The van der Waals surface area contributed by atoms with E-state index < -0.39 is 0 Å². The van der Waals surface area contributed by atoms with Crippen molar-refractivity contribution in [2.24, 2.45) is 5.92 Å². The third-order valence-electron chi connectivity index (χ3n) is 4.48. The van der Waals surface area contributed by atoms with Crippen LogP contribution in [0.3, 0.4) is 0 Å². The third-order valence-corrected chi connectivity index (χ3v) is 4.48. The van der Waals surface area contributed by atoms with Gasteiger partial charge in [-0.1, -0.05) is 13.3 Å². The first-order chi connectivity index (χ1) is 9.36. The maximum absolute atomic E-state index is 4.34. The topological polar surface area (TPSA) is 28.2 Å². The van der Waals surface area contributed by atoms with Crippen LogP contribution in [0.2, 0.25) is 0 Å². The summed E-state index contributed by atoms with van der Waals surface area (Å²) in [6.45, 7) is 5.71. The lowest BCUT2D eigenvalue weighted by Crippen LogP contribution is -2.36. The first kappa shape index (κ1) is 12.9. The number of hydrogen-bond donors (Lipinski definition) is 1. The Bertz CT molecular complexity index is 414. The van der Waals surface area contributed by atoms with Gasteiger partial charge in [-0.05, 0) is 43.2 Å². The van der Waals surface area contributed by atoms with Crippen LogP contribution in [0, 0.1) is 5.92 Å². The van der Waals surface area contributed by atoms with E-state index in [2.05, 4.69) is 34.4 Å². The number of piperidine rings is 1. The number of nitrogens with one attached hydrogen (secondary N) is 1. The van der Waals surface area contributed by atoms with Gasteiger partial charge in [0, 0.05) is 31.9 Å². The van der Waals surface area contributed by atoms with Crippen LogP contribution in [0.5, 0.6) is 0 Å². The minimum atomic E-state index is 0.769. The average Bonchev–Trinajstić information content (AvgIpc) is 3.30. The average molecular weight is 259 g/mol. The lowest BCUT2D eigenvalue weighted by atomic mass is 9.95. The predicted octanol–water partition coefficient (Wildman–Crippen LogP) is 2.96. The molecule has 0 spiro atoms. The molecule has 1 saturated carbocycles. The normalized spacial score (nSPS) is 23.6. The highest BCUT2D eigenvalue weighted by Crippen LogP contribution is 2.28. The van der Waals surface area contributed by atoms with Crippen LogP contribution in [-0.2, 0) is 6.54 Å². The quantitative estimate of drug-likeness (QED) is 0.881. The van der Waals surface area contributed by atoms with Crippen LogP contribution in [0.25, 0.3) is 0 Å². The molecule has 1 saturated heterocycles. The summed E-state index contributed by atoms with van der Waals surface area (Å²) in [5.74, 6) is 0.859. The SMILES string of the molecule is CCC1CCCN(c2cnccc2CNC2CC2)C1. The van der Waals surface area contributed by atoms with Crippen LogP contribution in [0.4, 0.5) is 5.69 Å². The van der Waals surface area contributed by atoms with E-state index in [1.807, 2.05) is 6.20 Å². The Morgan fingerprint density at radius 3 is 3.05 bits per heavy atom.